The molecule has 0 atom stereocenters. The van der Waals surface area contributed by atoms with Gasteiger partial charge in [-0.05, 0) is 19.4 Å². The summed E-state index contributed by atoms with van der Waals surface area (Å²) in [6.07, 6.45) is -2.65. The van der Waals surface area contributed by atoms with Gasteiger partial charge in [0.05, 0.1) is 0 Å². The Kier molecular flexibility index (Phi) is 4.00. The summed E-state index contributed by atoms with van der Waals surface area (Å²) in [6.45, 7) is 3.45. The highest BCUT2D eigenvalue weighted by Gasteiger charge is 2.33. The lowest BCUT2D eigenvalue weighted by Crippen LogP contribution is -2.20. The average molecular weight is 179 g/mol. The van der Waals surface area contributed by atoms with E-state index >= 15 is 0 Å². The first-order chi connectivity index (χ1) is 5.41. The third kappa shape index (κ3) is 3.55. The van der Waals surface area contributed by atoms with Gasteiger partial charge in [0, 0.05) is 7.05 Å². The normalized spacial score (nSPS) is 15.2. The third-order valence-electron chi connectivity index (χ3n) is 1.47. The number of hydrogen-bond donors (Lipinski definition) is 0. The molecule has 0 amide bonds. The molecule has 0 unspecified atom stereocenters. The summed E-state index contributed by atoms with van der Waals surface area (Å²) in [5, 5.41) is 0. The van der Waals surface area contributed by atoms with Gasteiger partial charge in [0.2, 0.25) is 0 Å². The van der Waals surface area contributed by atoms with Crippen molar-refractivity contribution in [3.63, 3.8) is 0 Å². The standard InChI is InChI=1S/C8H12F3N/c1-4-6(2)5-7(12-3)8(9,10)11/h5H,4H2,1-3H3/b6-5-,12-7?. The highest BCUT2D eigenvalue weighted by molar-refractivity contribution is 5.99. The van der Waals surface area contributed by atoms with Gasteiger partial charge in [-0.2, -0.15) is 13.2 Å². The molecule has 0 heterocycles. The van der Waals surface area contributed by atoms with Crippen molar-refractivity contribution in [2.24, 2.45) is 4.99 Å². The van der Waals surface area contributed by atoms with Crippen LogP contribution in [0.2, 0.25) is 0 Å². The third-order valence-corrected chi connectivity index (χ3v) is 1.47. The van der Waals surface area contributed by atoms with Gasteiger partial charge in [-0.25, -0.2) is 0 Å². The predicted molar refractivity (Wildman–Crippen MR) is 43.5 cm³/mol. The predicted octanol–water partition coefficient (Wildman–Crippen LogP) is 2.98. The minimum Gasteiger partial charge on any atom is -0.284 e. The maximum atomic E-state index is 12.0. The lowest BCUT2D eigenvalue weighted by atomic mass is 10.2. The topological polar surface area (TPSA) is 12.4 Å². The number of alkyl halides is 3. The summed E-state index contributed by atoms with van der Waals surface area (Å²) in [5.41, 5.74) is -0.144. The van der Waals surface area contributed by atoms with Crippen LogP contribution in [-0.4, -0.2) is 18.9 Å². The van der Waals surface area contributed by atoms with E-state index in [1.54, 1.807) is 13.8 Å². The average Bonchev–Trinajstić information content (AvgIpc) is 1.97. The summed E-state index contributed by atoms with van der Waals surface area (Å²) in [6, 6.07) is 0. The molecule has 0 radical (unpaired) electrons. The van der Waals surface area contributed by atoms with Crippen molar-refractivity contribution in [2.45, 2.75) is 26.4 Å². The minimum absolute atomic E-state index is 0.606. The van der Waals surface area contributed by atoms with Gasteiger partial charge >= 0.3 is 6.18 Å². The van der Waals surface area contributed by atoms with Crippen LogP contribution in [-0.2, 0) is 0 Å². The Morgan fingerprint density at radius 3 is 2.17 bits per heavy atom. The van der Waals surface area contributed by atoms with Crippen molar-refractivity contribution >= 4 is 5.71 Å². The number of allylic oxidation sites excluding steroid dienone is 2. The van der Waals surface area contributed by atoms with E-state index in [1.165, 1.54) is 0 Å². The van der Waals surface area contributed by atoms with Gasteiger partial charge < -0.3 is 0 Å². The smallest absolute Gasteiger partial charge is 0.284 e. The van der Waals surface area contributed by atoms with Gasteiger partial charge in [0.1, 0.15) is 5.71 Å². The molecule has 0 fully saturated rings. The molecule has 0 spiro atoms. The molecule has 0 aliphatic carbocycles. The van der Waals surface area contributed by atoms with Crippen molar-refractivity contribution in [2.75, 3.05) is 7.05 Å². The van der Waals surface area contributed by atoms with Crippen LogP contribution in [0.15, 0.2) is 16.6 Å². The first-order valence-corrected chi connectivity index (χ1v) is 3.63. The summed E-state index contributed by atoms with van der Waals surface area (Å²) >= 11 is 0. The zero-order valence-corrected chi connectivity index (χ0v) is 7.37. The number of halogens is 3. The van der Waals surface area contributed by atoms with Gasteiger partial charge in [0.25, 0.3) is 0 Å². The molecule has 0 bridgehead atoms. The lowest BCUT2D eigenvalue weighted by Gasteiger charge is -2.06. The summed E-state index contributed by atoms with van der Waals surface area (Å²) in [5.74, 6) is 0. The number of hydrogen-bond acceptors (Lipinski definition) is 1. The van der Waals surface area contributed by atoms with Gasteiger partial charge in [-0.3, -0.25) is 4.99 Å². The Bertz CT molecular complexity index is 201. The molecule has 0 aliphatic rings. The molecule has 4 heteroatoms. The quantitative estimate of drug-likeness (QED) is 0.578. The van der Waals surface area contributed by atoms with E-state index < -0.39 is 11.9 Å². The number of rotatable bonds is 2. The molecule has 70 valence electrons. The summed E-state index contributed by atoms with van der Waals surface area (Å²) in [4.78, 5) is 3.16. The maximum absolute atomic E-state index is 12.0. The van der Waals surface area contributed by atoms with Gasteiger partial charge in [-0.15, -0.1) is 0 Å². The van der Waals surface area contributed by atoms with E-state index in [2.05, 4.69) is 4.99 Å². The fourth-order valence-corrected chi connectivity index (χ4v) is 0.609. The van der Waals surface area contributed by atoms with Crippen LogP contribution in [0, 0.1) is 0 Å². The van der Waals surface area contributed by atoms with E-state index in [4.69, 9.17) is 0 Å². The molecule has 1 nitrogen and oxygen atoms in total. The van der Waals surface area contributed by atoms with Gasteiger partial charge in [-0.1, -0.05) is 12.5 Å². The largest absolute Gasteiger partial charge is 0.432 e. The molecule has 0 N–H and O–H groups in total. The van der Waals surface area contributed by atoms with Crippen molar-refractivity contribution in [1.82, 2.24) is 0 Å². The molecule has 0 saturated carbocycles. The zero-order chi connectivity index (χ0) is 9.78. The van der Waals surface area contributed by atoms with E-state index in [-0.39, 0.29) is 0 Å². The van der Waals surface area contributed by atoms with Crippen LogP contribution in [0.3, 0.4) is 0 Å². The number of nitrogens with zero attached hydrogens (tertiary/aromatic N) is 1. The fourth-order valence-electron chi connectivity index (χ4n) is 0.609. The molecule has 0 aromatic carbocycles. The van der Waals surface area contributed by atoms with Crippen molar-refractivity contribution < 1.29 is 13.2 Å². The fraction of sp³-hybridized carbons (Fsp3) is 0.625. The maximum Gasteiger partial charge on any atom is 0.432 e. The van der Waals surface area contributed by atoms with Gasteiger partial charge in [0.15, 0.2) is 0 Å². The summed E-state index contributed by atoms with van der Waals surface area (Å²) < 4.78 is 36.1. The Labute approximate surface area is 70.0 Å². The number of aliphatic imine (C=N–C) groups is 1. The lowest BCUT2D eigenvalue weighted by molar-refractivity contribution is -0.0577. The molecular weight excluding hydrogens is 167 g/mol. The highest BCUT2D eigenvalue weighted by Crippen LogP contribution is 2.19. The molecule has 12 heavy (non-hydrogen) atoms. The van der Waals surface area contributed by atoms with Crippen LogP contribution >= 0.6 is 0 Å². The van der Waals surface area contributed by atoms with Crippen molar-refractivity contribution in [3.8, 4) is 0 Å². The molecule has 0 saturated heterocycles. The van der Waals surface area contributed by atoms with Crippen LogP contribution in [0.25, 0.3) is 0 Å². The zero-order valence-electron chi connectivity index (χ0n) is 7.37. The van der Waals surface area contributed by atoms with E-state index in [0.29, 0.717) is 12.0 Å². The molecule has 0 aliphatic heterocycles. The van der Waals surface area contributed by atoms with Crippen LogP contribution in [0.1, 0.15) is 20.3 Å². The second kappa shape index (κ2) is 4.28. The molecule has 0 rings (SSSR count). The van der Waals surface area contributed by atoms with Crippen LogP contribution in [0.4, 0.5) is 13.2 Å². The van der Waals surface area contributed by atoms with Crippen molar-refractivity contribution in [3.05, 3.63) is 11.6 Å². The van der Waals surface area contributed by atoms with Crippen LogP contribution < -0.4 is 0 Å². The highest BCUT2D eigenvalue weighted by atomic mass is 19.4. The van der Waals surface area contributed by atoms with Crippen molar-refractivity contribution in [1.29, 1.82) is 0 Å². The monoisotopic (exact) mass is 179 g/mol. The Morgan fingerprint density at radius 1 is 1.42 bits per heavy atom. The minimum atomic E-state index is -4.33. The first kappa shape index (κ1) is 11.2. The molecule has 0 aromatic rings. The van der Waals surface area contributed by atoms with E-state index in [9.17, 15) is 13.2 Å². The van der Waals surface area contributed by atoms with E-state index in [1.807, 2.05) is 0 Å². The van der Waals surface area contributed by atoms with Crippen LogP contribution in [0.5, 0.6) is 0 Å². The molecule has 0 aromatic heterocycles. The van der Waals surface area contributed by atoms with E-state index in [0.717, 1.165) is 13.1 Å². The molecular formula is C8H12F3N. The second-order valence-electron chi connectivity index (χ2n) is 2.45. The Balaban J connectivity index is 4.63. The Morgan fingerprint density at radius 2 is 1.92 bits per heavy atom. The summed E-state index contributed by atoms with van der Waals surface area (Å²) in [7, 11) is 1.14. The SMILES string of the molecule is CC/C(C)=C\C(=NC)C(F)(F)F. The Hall–Kier alpha value is -0.800. The second-order valence-corrected chi connectivity index (χ2v) is 2.45. The first-order valence-electron chi connectivity index (χ1n) is 3.63.